The summed E-state index contributed by atoms with van der Waals surface area (Å²) in [5.74, 6) is -0.307. The molecule has 0 saturated heterocycles. The molecule has 0 fully saturated rings. The minimum Gasteiger partial charge on any atom is -0.347 e. The highest BCUT2D eigenvalue weighted by Gasteiger charge is 2.22. The van der Waals surface area contributed by atoms with Crippen LogP contribution in [0, 0.1) is 6.92 Å². The Morgan fingerprint density at radius 2 is 1.81 bits per heavy atom. The normalized spacial score (nSPS) is 11.2. The van der Waals surface area contributed by atoms with Crippen molar-refractivity contribution in [1.82, 2.24) is 5.32 Å². The molecule has 1 aromatic heterocycles. The molecule has 0 bridgehead atoms. The minimum atomic E-state index is -3.76. The molecule has 27 heavy (non-hydrogen) atoms. The summed E-state index contributed by atoms with van der Waals surface area (Å²) >= 11 is 1.55. The number of sulfonamides is 1. The second-order valence-electron chi connectivity index (χ2n) is 6.10. The molecule has 2 aromatic carbocycles. The van der Waals surface area contributed by atoms with E-state index in [-0.39, 0.29) is 10.8 Å². The molecular weight excluding hydrogens is 380 g/mol. The first kappa shape index (κ1) is 19.1. The molecule has 0 aliphatic rings. The van der Waals surface area contributed by atoms with Crippen LogP contribution in [0.4, 0.5) is 5.69 Å². The molecule has 1 heterocycles. The lowest BCUT2D eigenvalue weighted by atomic mass is 10.2. The lowest BCUT2D eigenvalue weighted by molar-refractivity contribution is 0.0951. The average molecular weight is 401 g/mol. The van der Waals surface area contributed by atoms with Crippen LogP contribution in [0.5, 0.6) is 0 Å². The zero-order chi connectivity index (χ0) is 19.4. The number of thiophene rings is 1. The maximum Gasteiger partial charge on any atom is 0.264 e. The molecular formula is C20H20N2O3S2. The van der Waals surface area contributed by atoms with Crippen molar-refractivity contribution in [1.29, 1.82) is 0 Å². The highest BCUT2D eigenvalue weighted by Crippen LogP contribution is 2.23. The molecule has 0 saturated carbocycles. The van der Waals surface area contributed by atoms with Crippen LogP contribution in [0.3, 0.4) is 0 Å². The summed E-state index contributed by atoms with van der Waals surface area (Å²) in [4.78, 5) is 13.5. The maximum absolute atomic E-state index is 12.9. The fourth-order valence-corrected chi connectivity index (χ4v) is 4.42. The summed E-state index contributed by atoms with van der Waals surface area (Å²) in [5.41, 5.74) is 1.92. The fourth-order valence-electron chi connectivity index (χ4n) is 2.53. The average Bonchev–Trinajstić information content (AvgIpc) is 3.20. The summed E-state index contributed by atoms with van der Waals surface area (Å²) < 4.78 is 27.1. The van der Waals surface area contributed by atoms with Gasteiger partial charge >= 0.3 is 0 Å². The SMILES string of the molecule is Cc1ccc(N(C)S(=O)(=O)c2cccc(C(=O)NCc3cccs3)c2)cc1. The first-order chi connectivity index (χ1) is 12.9. The van der Waals surface area contributed by atoms with E-state index in [1.807, 2.05) is 36.6 Å². The highest BCUT2D eigenvalue weighted by molar-refractivity contribution is 7.92. The molecule has 0 radical (unpaired) electrons. The second kappa shape index (κ2) is 7.94. The predicted molar refractivity (Wildman–Crippen MR) is 109 cm³/mol. The van der Waals surface area contributed by atoms with E-state index in [9.17, 15) is 13.2 Å². The number of nitrogens with one attached hydrogen (secondary N) is 1. The summed E-state index contributed by atoms with van der Waals surface area (Å²) in [6.45, 7) is 2.35. The number of rotatable bonds is 6. The van der Waals surface area contributed by atoms with Gasteiger partial charge in [0, 0.05) is 17.5 Å². The van der Waals surface area contributed by atoms with Crippen LogP contribution < -0.4 is 9.62 Å². The Hall–Kier alpha value is -2.64. The molecule has 3 rings (SSSR count). The van der Waals surface area contributed by atoms with E-state index in [2.05, 4.69) is 5.32 Å². The van der Waals surface area contributed by atoms with Crippen molar-refractivity contribution in [3.05, 3.63) is 82.0 Å². The molecule has 1 amide bonds. The Balaban J connectivity index is 1.80. The van der Waals surface area contributed by atoms with Crippen LogP contribution >= 0.6 is 11.3 Å². The second-order valence-corrected chi connectivity index (χ2v) is 9.10. The number of amides is 1. The van der Waals surface area contributed by atoms with Crippen molar-refractivity contribution in [3.8, 4) is 0 Å². The molecule has 3 aromatic rings. The number of anilines is 1. The van der Waals surface area contributed by atoms with E-state index in [4.69, 9.17) is 0 Å². The Bertz CT molecular complexity index is 1030. The number of nitrogens with zero attached hydrogens (tertiary/aromatic N) is 1. The van der Waals surface area contributed by atoms with Gasteiger partial charge in [0.2, 0.25) is 0 Å². The number of carbonyl (C=O) groups is 1. The van der Waals surface area contributed by atoms with Crippen molar-refractivity contribution >= 4 is 33.0 Å². The standard InChI is InChI=1S/C20H20N2O3S2/c1-15-8-10-17(11-9-15)22(2)27(24,25)19-7-3-5-16(13-19)20(23)21-14-18-6-4-12-26-18/h3-13H,14H2,1-2H3,(H,21,23). The molecule has 0 unspecified atom stereocenters. The molecule has 7 heteroatoms. The Morgan fingerprint density at radius 1 is 1.07 bits per heavy atom. The van der Waals surface area contributed by atoms with Crippen LogP contribution in [0.15, 0.2) is 70.9 Å². The first-order valence-electron chi connectivity index (χ1n) is 8.34. The minimum absolute atomic E-state index is 0.0781. The first-order valence-corrected chi connectivity index (χ1v) is 10.7. The summed E-state index contributed by atoms with van der Waals surface area (Å²) in [7, 11) is -2.26. The van der Waals surface area contributed by atoms with Gasteiger partial charge in [-0.15, -0.1) is 11.3 Å². The largest absolute Gasteiger partial charge is 0.347 e. The van der Waals surface area contributed by atoms with Gasteiger partial charge < -0.3 is 5.32 Å². The number of hydrogen-bond donors (Lipinski definition) is 1. The van der Waals surface area contributed by atoms with Gasteiger partial charge in [0.05, 0.1) is 17.1 Å². The van der Waals surface area contributed by atoms with E-state index in [1.54, 1.807) is 35.6 Å². The number of hydrogen-bond acceptors (Lipinski definition) is 4. The molecule has 5 nitrogen and oxygen atoms in total. The maximum atomic E-state index is 12.9. The van der Waals surface area contributed by atoms with Gasteiger partial charge in [-0.05, 0) is 48.7 Å². The lowest BCUT2D eigenvalue weighted by Gasteiger charge is -2.20. The topological polar surface area (TPSA) is 66.5 Å². The Morgan fingerprint density at radius 3 is 2.48 bits per heavy atom. The summed E-state index contributed by atoms with van der Waals surface area (Å²) in [5, 5.41) is 4.75. The van der Waals surface area contributed by atoms with E-state index in [0.717, 1.165) is 10.4 Å². The van der Waals surface area contributed by atoms with Crippen molar-refractivity contribution in [2.24, 2.45) is 0 Å². The summed E-state index contributed by atoms with van der Waals surface area (Å²) in [6.07, 6.45) is 0. The zero-order valence-electron chi connectivity index (χ0n) is 15.0. The predicted octanol–water partition coefficient (Wildman–Crippen LogP) is 3.81. The number of aryl methyl sites for hydroxylation is 1. The van der Waals surface area contributed by atoms with Crippen molar-refractivity contribution in [2.75, 3.05) is 11.4 Å². The number of carbonyl (C=O) groups excluding carboxylic acids is 1. The van der Waals surface area contributed by atoms with Crippen LogP contribution in [-0.2, 0) is 16.6 Å². The third-order valence-electron chi connectivity index (χ3n) is 4.16. The van der Waals surface area contributed by atoms with Gasteiger partial charge in [0.15, 0.2) is 0 Å². The lowest BCUT2D eigenvalue weighted by Crippen LogP contribution is -2.27. The van der Waals surface area contributed by atoms with Crippen LogP contribution in [0.1, 0.15) is 20.8 Å². The van der Waals surface area contributed by atoms with E-state index < -0.39 is 10.0 Å². The number of benzene rings is 2. The molecule has 1 N–H and O–H groups in total. The van der Waals surface area contributed by atoms with Crippen molar-refractivity contribution < 1.29 is 13.2 Å². The monoisotopic (exact) mass is 400 g/mol. The van der Waals surface area contributed by atoms with E-state index in [0.29, 0.717) is 17.8 Å². The van der Waals surface area contributed by atoms with Crippen molar-refractivity contribution in [3.63, 3.8) is 0 Å². The third kappa shape index (κ3) is 4.37. The van der Waals surface area contributed by atoms with Crippen LogP contribution in [-0.4, -0.2) is 21.4 Å². The Labute approximate surface area is 163 Å². The van der Waals surface area contributed by atoms with E-state index >= 15 is 0 Å². The van der Waals surface area contributed by atoms with Gasteiger partial charge in [-0.2, -0.15) is 0 Å². The summed E-state index contributed by atoms with van der Waals surface area (Å²) in [6, 6.07) is 17.2. The quantitative estimate of drug-likeness (QED) is 0.684. The van der Waals surface area contributed by atoms with Gasteiger partial charge in [-0.1, -0.05) is 29.8 Å². The molecule has 140 valence electrons. The van der Waals surface area contributed by atoms with Gasteiger partial charge in [-0.3, -0.25) is 9.10 Å². The van der Waals surface area contributed by atoms with Gasteiger partial charge in [-0.25, -0.2) is 8.42 Å². The van der Waals surface area contributed by atoms with E-state index in [1.165, 1.54) is 23.5 Å². The smallest absolute Gasteiger partial charge is 0.264 e. The van der Waals surface area contributed by atoms with Gasteiger partial charge in [0.1, 0.15) is 0 Å². The Kier molecular flexibility index (Phi) is 5.62. The zero-order valence-corrected chi connectivity index (χ0v) is 16.7. The third-order valence-corrected chi connectivity index (χ3v) is 6.81. The van der Waals surface area contributed by atoms with Crippen LogP contribution in [0.2, 0.25) is 0 Å². The molecule has 0 atom stereocenters. The molecule has 0 aliphatic carbocycles. The highest BCUT2D eigenvalue weighted by atomic mass is 32.2. The van der Waals surface area contributed by atoms with Crippen molar-refractivity contribution in [2.45, 2.75) is 18.4 Å². The van der Waals surface area contributed by atoms with Crippen LogP contribution in [0.25, 0.3) is 0 Å². The molecule has 0 spiro atoms. The van der Waals surface area contributed by atoms with Gasteiger partial charge in [0.25, 0.3) is 15.9 Å². The molecule has 0 aliphatic heterocycles. The fraction of sp³-hybridized carbons (Fsp3) is 0.150.